The highest BCUT2D eigenvalue weighted by molar-refractivity contribution is 7.65. The summed E-state index contributed by atoms with van der Waals surface area (Å²) in [5.41, 5.74) is 1.43. The highest BCUT2D eigenvalue weighted by Crippen LogP contribution is 2.52. The molecular formula is C36H58S4Si6. The van der Waals surface area contributed by atoms with E-state index in [-0.39, 0.29) is 0 Å². The van der Waals surface area contributed by atoms with Gasteiger partial charge in [0.1, 0.15) is 15.2 Å². The van der Waals surface area contributed by atoms with Crippen molar-refractivity contribution < 1.29 is 0 Å². The predicted octanol–water partition coefficient (Wildman–Crippen LogP) is 8.58. The van der Waals surface area contributed by atoms with Crippen LogP contribution in [0.5, 0.6) is 0 Å². The Labute approximate surface area is 303 Å². The molecule has 6 rings (SSSR count). The van der Waals surface area contributed by atoms with Gasteiger partial charge in [0.2, 0.25) is 0 Å². The first-order valence-electron chi connectivity index (χ1n) is 17.7. The van der Waals surface area contributed by atoms with Gasteiger partial charge in [-0.15, -0.1) is 45.3 Å². The molecule has 0 N–H and O–H groups in total. The second-order valence-corrected chi connectivity index (χ2v) is 56.6. The minimum atomic E-state index is -2.34. The van der Waals surface area contributed by atoms with Crippen LogP contribution in [-0.4, -0.2) is 47.5 Å². The van der Waals surface area contributed by atoms with E-state index in [9.17, 15) is 0 Å². The maximum absolute atomic E-state index is 2.90. The summed E-state index contributed by atoms with van der Waals surface area (Å²) >= 11 is 9.01. The van der Waals surface area contributed by atoms with Gasteiger partial charge in [0.25, 0.3) is 0 Å². The molecule has 0 spiro atoms. The highest BCUT2D eigenvalue weighted by Gasteiger charge is 2.71. The zero-order chi connectivity index (χ0) is 34.2. The third-order valence-electron chi connectivity index (χ3n) is 11.3. The lowest BCUT2D eigenvalue weighted by molar-refractivity contribution is 0.838. The molecule has 0 nitrogen and oxygen atoms in total. The van der Waals surface area contributed by atoms with Crippen molar-refractivity contribution >= 4 is 132 Å². The molecular weight excluding hydrogens is 729 g/mol. The number of hydrogen-bond acceptors (Lipinski definition) is 4. The number of fused-ring (bicyclic) bond motifs is 11. The van der Waals surface area contributed by atoms with Gasteiger partial charge in [0.05, 0.1) is 32.3 Å². The van der Waals surface area contributed by atoms with Crippen molar-refractivity contribution in [3.05, 3.63) is 24.3 Å². The van der Waals surface area contributed by atoms with Gasteiger partial charge < -0.3 is 0 Å². The quantitative estimate of drug-likeness (QED) is 0.157. The van der Waals surface area contributed by atoms with Gasteiger partial charge in [-0.1, -0.05) is 143 Å². The van der Waals surface area contributed by atoms with Crippen molar-refractivity contribution in [3.8, 4) is 19.5 Å². The Balaban J connectivity index is 1.94. The van der Waals surface area contributed by atoms with Crippen LogP contribution in [0.25, 0.3) is 19.5 Å². The van der Waals surface area contributed by atoms with Crippen molar-refractivity contribution in [2.75, 3.05) is 0 Å². The average Bonchev–Trinajstić information content (AvgIpc) is 3.72. The Kier molecular flexibility index (Phi) is 8.82. The number of rotatable bonds is 8. The fourth-order valence-electron chi connectivity index (χ4n) is 8.48. The molecule has 0 bridgehead atoms. The molecule has 0 saturated carbocycles. The van der Waals surface area contributed by atoms with Crippen LogP contribution in [0.1, 0.15) is 40.5 Å². The van der Waals surface area contributed by atoms with Crippen molar-refractivity contribution in [1.82, 2.24) is 0 Å². The van der Waals surface area contributed by atoms with Gasteiger partial charge in [0, 0.05) is 19.5 Å². The van der Waals surface area contributed by atoms with E-state index in [1.54, 1.807) is 37.5 Å². The summed E-state index contributed by atoms with van der Waals surface area (Å²) in [5, 5.41) is 7.61. The SMILES string of the molecule is CCC(C)[Si]12c3cc([Si](C)(C)C)sc3-c3sc([Si](C)(C)C)cc3[Si]1(C(C)CC)c1cc([Si](C)(C)C)sc1-c1sc([Si](C)(C)C)cc12. The molecule has 0 aliphatic carbocycles. The minimum Gasteiger partial charge on any atom is -0.144 e. The molecule has 4 aromatic rings. The second kappa shape index (κ2) is 11.3. The third kappa shape index (κ3) is 4.92. The van der Waals surface area contributed by atoms with Gasteiger partial charge in [-0.3, -0.25) is 0 Å². The minimum absolute atomic E-state index is 0.714. The molecule has 0 fully saturated rings. The van der Waals surface area contributed by atoms with E-state index in [2.05, 4.69) is 176 Å². The summed E-state index contributed by atoms with van der Waals surface area (Å²) in [6, 6.07) is 11.6. The van der Waals surface area contributed by atoms with Crippen LogP contribution >= 0.6 is 45.3 Å². The van der Waals surface area contributed by atoms with E-state index < -0.39 is 47.5 Å². The van der Waals surface area contributed by atoms with Crippen molar-refractivity contribution in [1.29, 1.82) is 0 Å². The van der Waals surface area contributed by atoms with Gasteiger partial charge >= 0.3 is 0 Å². The molecule has 250 valence electrons. The van der Waals surface area contributed by atoms with E-state index >= 15 is 0 Å². The maximum atomic E-state index is 2.90. The summed E-state index contributed by atoms with van der Waals surface area (Å²) in [5.74, 6) is 0. The lowest BCUT2D eigenvalue weighted by Crippen LogP contribution is -2.91. The second-order valence-electron chi connectivity index (χ2n) is 18.6. The Morgan fingerprint density at radius 2 is 0.630 bits per heavy atom. The number of thiophene rings is 4. The molecule has 4 aromatic heterocycles. The Morgan fingerprint density at radius 1 is 0.435 bits per heavy atom. The first-order chi connectivity index (χ1) is 21.1. The van der Waals surface area contributed by atoms with Crippen LogP contribution in [-0.2, 0) is 0 Å². The summed E-state index contributed by atoms with van der Waals surface area (Å²) < 4.78 is 6.99. The number of hydrogen-bond donors (Lipinski definition) is 0. The van der Waals surface area contributed by atoms with Crippen molar-refractivity contribution in [2.45, 2.75) is 130 Å². The largest absolute Gasteiger partial charge is 0.144 e. The van der Waals surface area contributed by atoms with Crippen LogP contribution in [0.2, 0.25) is 89.6 Å². The Morgan fingerprint density at radius 3 is 0.783 bits per heavy atom. The van der Waals surface area contributed by atoms with Crippen LogP contribution in [0.15, 0.2) is 24.3 Å². The molecule has 0 saturated heterocycles. The lowest BCUT2D eigenvalue weighted by Gasteiger charge is -2.58. The first-order valence-corrected chi connectivity index (χ1v) is 40.1. The molecule has 2 unspecified atom stereocenters. The van der Waals surface area contributed by atoms with E-state index in [1.165, 1.54) is 12.8 Å². The Bertz CT molecular complexity index is 1560. The highest BCUT2D eigenvalue weighted by atomic mass is 32.1. The normalized spacial score (nSPS) is 22.5. The predicted molar refractivity (Wildman–Crippen MR) is 237 cm³/mol. The van der Waals surface area contributed by atoms with Crippen molar-refractivity contribution in [3.63, 3.8) is 0 Å². The Hall–Kier alpha value is 0.101. The molecule has 46 heavy (non-hydrogen) atoms. The summed E-state index contributed by atoms with van der Waals surface area (Å²) in [6.45, 7) is 41.8. The molecule has 0 radical (unpaired) electrons. The van der Waals surface area contributed by atoms with E-state index in [0.717, 1.165) is 0 Å². The summed E-state index contributed by atoms with van der Waals surface area (Å²) in [4.78, 5) is 6.93. The van der Waals surface area contributed by atoms with E-state index in [0.29, 0.717) is 11.1 Å². The third-order valence-corrected chi connectivity index (χ3v) is 51.1. The lowest BCUT2D eigenvalue weighted by atomic mass is 10.3. The summed E-state index contributed by atoms with van der Waals surface area (Å²) in [6.07, 6.45) is 2.57. The fraction of sp³-hybridized carbons (Fsp3) is 0.556. The van der Waals surface area contributed by atoms with Gasteiger partial charge in [-0.05, 0) is 49.8 Å². The molecule has 0 aromatic carbocycles. The monoisotopic (exact) mass is 786 g/mol. The van der Waals surface area contributed by atoms with Gasteiger partial charge in [0.15, 0.2) is 0 Å². The van der Waals surface area contributed by atoms with Crippen LogP contribution in [0.4, 0.5) is 0 Å². The molecule has 6 heterocycles. The maximum Gasteiger partial charge on any atom is 0.128 e. The molecule has 0 amide bonds. The standard InChI is InChI=1S/C36H58S4Si6/c1-17-23(3)45-25-19-29(41(5,6)7)37-33(25)35-27(21-31(39-35)43(11,12)13)46(45,24(4)18-2)28-22-32(44(14,15)16)40-36(28)34-26(45)20-30(38-34)42(8,9)10/h19-24H,17-18H2,1-16H3. The summed E-state index contributed by atoms with van der Waals surface area (Å²) in [7, 11) is -10.7. The van der Waals surface area contributed by atoms with Gasteiger partial charge in [-0.2, -0.15) is 0 Å². The van der Waals surface area contributed by atoms with Crippen LogP contribution in [0, 0.1) is 0 Å². The molecule has 2 aliphatic heterocycles. The smallest absolute Gasteiger partial charge is 0.128 e. The van der Waals surface area contributed by atoms with E-state index in [1.807, 2.05) is 20.7 Å². The van der Waals surface area contributed by atoms with Crippen LogP contribution < -0.4 is 38.7 Å². The molecule has 2 atom stereocenters. The van der Waals surface area contributed by atoms with Crippen LogP contribution in [0.3, 0.4) is 0 Å². The molecule has 10 heteroatoms. The molecule has 2 aliphatic rings. The zero-order valence-electron chi connectivity index (χ0n) is 31.5. The zero-order valence-corrected chi connectivity index (χ0v) is 40.8. The average molecular weight is 788 g/mol. The van der Waals surface area contributed by atoms with E-state index in [4.69, 9.17) is 0 Å². The van der Waals surface area contributed by atoms with Gasteiger partial charge in [-0.25, -0.2) is 0 Å². The van der Waals surface area contributed by atoms with Crippen molar-refractivity contribution in [2.24, 2.45) is 0 Å². The fourth-order valence-corrected chi connectivity index (χ4v) is 49.4. The first kappa shape index (κ1) is 35.9. The topological polar surface area (TPSA) is 0 Å².